The predicted octanol–water partition coefficient (Wildman–Crippen LogP) is -0.872. The minimum atomic E-state index is -1.43. The first-order valence-corrected chi connectivity index (χ1v) is 7.37. The topological polar surface area (TPSA) is 133 Å². The zero-order valence-electron chi connectivity index (χ0n) is 12.6. The van der Waals surface area contributed by atoms with Crippen LogP contribution < -0.4 is 10.6 Å². The van der Waals surface area contributed by atoms with E-state index in [-0.39, 0.29) is 18.7 Å². The summed E-state index contributed by atoms with van der Waals surface area (Å²) in [6.07, 6.45) is 3.14. The Morgan fingerprint density at radius 1 is 1.09 bits per heavy atom. The number of carbonyl (C=O) groups excluding carboxylic acids is 4. The van der Waals surface area contributed by atoms with E-state index in [0.29, 0.717) is 6.42 Å². The van der Waals surface area contributed by atoms with Crippen molar-refractivity contribution in [2.45, 2.75) is 63.6 Å². The van der Waals surface area contributed by atoms with Gasteiger partial charge in [0.05, 0.1) is 12.8 Å². The van der Waals surface area contributed by atoms with Gasteiger partial charge in [-0.2, -0.15) is 0 Å². The highest BCUT2D eigenvalue weighted by molar-refractivity contribution is 6.07. The van der Waals surface area contributed by atoms with Crippen LogP contribution in [0.3, 0.4) is 0 Å². The molecule has 2 saturated heterocycles. The zero-order chi connectivity index (χ0) is 16.8. The molecule has 0 aromatic heterocycles. The summed E-state index contributed by atoms with van der Waals surface area (Å²) in [5.74, 6) is -1.88. The van der Waals surface area contributed by atoms with Crippen molar-refractivity contribution in [3.8, 4) is 0 Å². The van der Waals surface area contributed by atoms with Gasteiger partial charge in [0.1, 0.15) is 6.10 Å². The molecule has 0 saturated carbocycles. The molecule has 124 valence electrons. The Morgan fingerprint density at radius 2 is 1.77 bits per heavy atom. The Bertz CT molecular complexity index is 464. The Labute approximate surface area is 128 Å². The number of rotatable bonds is 5. The minimum absolute atomic E-state index is 0.0715. The molecule has 2 unspecified atom stereocenters. The fourth-order valence-corrected chi connectivity index (χ4v) is 2.22. The molecular weight excluding hydrogens is 292 g/mol. The molecule has 2 fully saturated rings. The molecule has 8 nitrogen and oxygen atoms in total. The van der Waals surface area contributed by atoms with Crippen LogP contribution in [0.25, 0.3) is 0 Å². The van der Waals surface area contributed by atoms with Crippen LogP contribution in [0.1, 0.15) is 51.9 Å². The normalized spacial score (nSPS) is 27.3. The van der Waals surface area contributed by atoms with Crippen LogP contribution in [0.15, 0.2) is 0 Å². The first kappa shape index (κ1) is 18.2. The summed E-state index contributed by atoms with van der Waals surface area (Å²) < 4.78 is 0. The fourth-order valence-electron chi connectivity index (χ4n) is 2.22. The Hall–Kier alpha value is -1.80. The molecule has 0 aliphatic carbocycles. The summed E-state index contributed by atoms with van der Waals surface area (Å²) in [7, 11) is 0. The second kappa shape index (κ2) is 8.00. The van der Waals surface area contributed by atoms with Gasteiger partial charge in [0, 0.05) is 0 Å². The van der Waals surface area contributed by atoms with E-state index in [1.54, 1.807) is 0 Å². The minimum Gasteiger partial charge on any atom is -0.383 e. The van der Waals surface area contributed by atoms with Crippen LogP contribution in [0.4, 0.5) is 0 Å². The molecule has 2 rings (SSSR count). The highest BCUT2D eigenvalue weighted by Crippen LogP contribution is 2.23. The standard InChI is InChI=1S/C10H17NO3.C4H5NO3/c1-2-3-4-5-6-10(14)7-8(12)11-9(10)13;6-2-1-3(7)5-4(2)8/h14H,2-7H2,1H3,(H,11,12,13);2,6H,1H2,(H,5,7,8). The third-order valence-electron chi connectivity index (χ3n) is 3.52. The van der Waals surface area contributed by atoms with Gasteiger partial charge in [0.15, 0.2) is 5.60 Å². The van der Waals surface area contributed by atoms with Crippen LogP contribution >= 0.6 is 0 Å². The van der Waals surface area contributed by atoms with Crippen molar-refractivity contribution in [1.29, 1.82) is 0 Å². The highest BCUT2D eigenvalue weighted by atomic mass is 16.3. The van der Waals surface area contributed by atoms with Gasteiger partial charge in [-0.05, 0) is 6.42 Å². The van der Waals surface area contributed by atoms with Crippen LogP contribution in [0.5, 0.6) is 0 Å². The smallest absolute Gasteiger partial charge is 0.259 e. The molecule has 8 heteroatoms. The van der Waals surface area contributed by atoms with E-state index in [0.717, 1.165) is 25.7 Å². The van der Waals surface area contributed by atoms with Gasteiger partial charge in [-0.15, -0.1) is 0 Å². The Kier molecular flexibility index (Phi) is 6.63. The van der Waals surface area contributed by atoms with Crippen molar-refractivity contribution >= 4 is 23.6 Å². The lowest BCUT2D eigenvalue weighted by Crippen LogP contribution is -2.37. The molecule has 0 bridgehead atoms. The van der Waals surface area contributed by atoms with E-state index in [1.165, 1.54) is 0 Å². The summed E-state index contributed by atoms with van der Waals surface area (Å²) in [5.41, 5.74) is -1.43. The van der Waals surface area contributed by atoms with Crippen molar-refractivity contribution in [1.82, 2.24) is 10.6 Å². The monoisotopic (exact) mass is 314 g/mol. The lowest BCUT2D eigenvalue weighted by atomic mass is 9.94. The average molecular weight is 314 g/mol. The van der Waals surface area contributed by atoms with Gasteiger partial charge in [-0.3, -0.25) is 29.8 Å². The summed E-state index contributed by atoms with van der Waals surface area (Å²) in [5, 5.41) is 22.4. The van der Waals surface area contributed by atoms with E-state index in [2.05, 4.69) is 12.2 Å². The first-order chi connectivity index (χ1) is 10.3. The summed E-state index contributed by atoms with van der Waals surface area (Å²) in [6.45, 7) is 2.10. The Morgan fingerprint density at radius 3 is 2.14 bits per heavy atom. The van der Waals surface area contributed by atoms with Gasteiger partial charge in [-0.25, -0.2) is 0 Å². The zero-order valence-corrected chi connectivity index (χ0v) is 12.6. The van der Waals surface area contributed by atoms with E-state index in [9.17, 15) is 24.3 Å². The number of aliphatic hydroxyl groups excluding tert-OH is 1. The molecule has 0 spiro atoms. The van der Waals surface area contributed by atoms with Gasteiger partial charge in [-0.1, -0.05) is 32.6 Å². The number of unbranched alkanes of at least 4 members (excludes halogenated alkanes) is 3. The van der Waals surface area contributed by atoms with Gasteiger partial charge < -0.3 is 10.2 Å². The predicted molar refractivity (Wildman–Crippen MR) is 75.2 cm³/mol. The first-order valence-electron chi connectivity index (χ1n) is 7.37. The average Bonchev–Trinajstić information content (AvgIpc) is 2.85. The lowest BCUT2D eigenvalue weighted by Gasteiger charge is -2.17. The molecule has 2 aliphatic heterocycles. The number of carbonyl (C=O) groups is 4. The number of aliphatic hydroxyl groups is 2. The molecule has 4 amide bonds. The van der Waals surface area contributed by atoms with Crippen molar-refractivity contribution < 1.29 is 29.4 Å². The molecule has 0 aromatic carbocycles. The molecular formula is C14H22N2O6. The maximum Gasteiger partial charge on any atom is 0.259 e. The Balaban J connectivity index is 0.000000255. The van der Waals surface area contributed by atoms with Crippen molar-refractivity contribution in [2.24, 2.45) is 0 Å². The third kappa shape index (κ3) is 5.19. The van der Waals surface area contributed by atoms with Gasteiger partial charge in [0.2, 0.25) is 11.8 Å². The lowest BCUT2D eigenvalue weighted by molar-refractivity contribution is -0.135. The molecule has 22 heavy (non-hydrogen) atoms. The number of hydrogen-bond donors (Lipinski definition) is 4. The van der Waals surface area contributed by atoms with E-state index >= 15 is 0 Å². The van der Waals surface area contributed by atoms with E-state index < -0.39 is 29.4 Å². The molecule has 2 heterocycles. The highest BCUT2D eigenvalue weighted by Gasteiger charge is 2.44. The SMILES string of the molecule is CCCCCCC1(O)CC(=O)NC1=O.O=C1CC(O)C(=O)N1. The molecule has 0 radical (unpaired) electrons. The van der Waals surface area contributed by atoms with Crippen LogP contribution in [-0.4, -0.2) is 45.5 Å². The number of amides is 4. The van der Waals surface area contributed by atoms with Crippen molar-refractivity contribution in [3.05, 3.63) is 0 Å². The maximum absolute atomic E-state index is 11.2. The molecule has 2 aliphatic rings. The summed E-state index contributed by atoms with van der Waals surface area (Å²) >= 11 is 0. The van der Waals surface area contributed by atoms with E-state index in [4.69, 9.17) is 5.11 Å². The number of hydrogen-bond acceptors (Lipinski definition) is 6. The molecule has 0 aromatic rings. The van der Waals surface area contributed by atoms with Gasteiger partial charge in [0.25, 0.3) is 11.8 Å². The van der Waals surface area contributed by atoms with Crippen LogP contribution in [0.2, 0.25) is 0 Å². The van der Waals surface area contributed by atoms with Crippen molar-refractivity contribution in [3.63, 3.8) is 0 Å². The molecule has 2 atom stereocenters. The van der Waals surface area contributed by atoms with Gasteiger partial charge >= 0.3 is 0 Å². The summed E-state index contributed by atoms with van der Waals surface area (Å²) in [4.78, 5) is 42.4. The van der Waals surface area contributed by atoms with Crippen molar-refractivity contribution in [2.75, 3.05) is 0 Å². The van der Waals surface area contributed by atoms with Crippen LogP contribution in [-0.2, 0) is 19.2 Å². The second-order valence-corrected chi connectivity index (χ2v) is 5.53. The fraction of sp³-hybridized carbons (Fsp3) is 0.714. The third-order valence-corrected chi connectivity index (χ3v) is 3.52. The molecule has 4 N–H and O–H groups in total. The largest absolute Gasteiger partial charge is 0.383 e. The second-order valence-electron chi connectivity index (χ2n) is 5.53. The maximum atomic E-state index is 11.2. The quantitative estimate of drug-likeness (QED) is 0.385. The summed E-state index contributed by atoms with van der Waals surface area (Å²) in [6, 6.07) is 0. The van der Waals surface area contributed by atoms with E-state index in [1.807, 2.05) is 5.32 Å². The number of imide groups is 2. The number of nitrogens with one attached hydrogen (secondary N) is 2. The van der Waals surface area contributed by atoms with Crippen LogP contribution in [0, 0.1) is 0 Å².